The van der Waals surface area contributed by atoms with E-state index in [0.29, 0.717) is 28.6 Å². The molecule has 0 radical (unpaired) electrons. The Morgan fingerprint density at radius 2 is 1.79 bits per heavy atom. The first kappa shape index (κ1) is 24.0. The van der Waals surface area contributed by atoms with Crippen LogP contribution in [-0.4, -0.2) is 33.7 Å². The van der Waals surface area contributed by atoms with E-state index in [9.17, 15) is 13.2 Å². The number of hydrogen-bond donors (Lipinski definition) is 1. The second-order valence-electron chi connectivity index (χ2n) is 6.77. The van der Waals surface area contributed by atoms with Crippen molar-refractivity contribution in [2.45, 2.75) is 4.90 Å². The lowest BCUT2D eigenvalue weighted by molar-refractivity contribution is -0.119. The van der Waals surface area contributed by atoms with Crippen LogP contribution in [-0.2, 0) is 14.8 Å². The lowest BCUT2D eigenvalue weighted by atomic mass is 10.2. The quantitative estimate of drug-likeness (QED) is 0.265. The van der Waals surface area contributed by atoms with Crippen molar-refractivity contribution in [2.75, 3.05) is 17.5 Å². The summed E-state index contributed by atoms with van der Waals surface area (Å²) in [6.45, 7) is 3.50. The van der Waals surface area contributed by atoms with Gasteiger partial charge in [0.1, 0.15) is 18.9 Å². The summed E-state index contributed by atoms with van der Waals surface area (Å²) >= 11 is 5.94. The number of nitrogens with one attached hydrogen (secondary N) is 1. The van der Waals surface area contributed by atoms with Crippen molar-refractivity contribution in [3.63, 3.8) is 0 Å². The molecule has 9 heteroatoms. The van der Waals surface area contributed by atoms with E-state index in [-0.39, 0.29) is 4.90 Å². The zero-order chi connectivity index (χ0) is 23.7. The number of anilines is 1. The minimum Gasteiger partial charge on any atom is -0.490 e. The van der Waals surface area contributed by atoms with Crippen LogP contribution in [0.4, 0.5) is 5.69 Å². The topological polar surface area (TPSA) is 88.1 Å². The molecule has 3 aromatic carbocycles. The van der Waals surface area contributed by atoms with Crippen LogP contribution in [0.5, 0.6) is 5.75 Å². The molecule has 0 aliphatic carbocycles. The van der Waals surface area contributed by atoms with Crippen molar-refractivity contribution >= 4 is 39.4 Å². The first-order valence-corrected chi connectivity index (χ1v) is 11.7. The van der Waals surface area contributed by atoms with E-state index in [2.05, 4.69) is 17.1 Å². The highest BCUT2D eigenvalue weighted by atomic mass is 35.5. The van der Waals surface area contributed by atoms with Gasteiger partial charge in [-0.15, -0.1) is 0 Å². The molecule has 0 heterocycles. The second kappa shape index (κ2) is 11.3. The summed E-state index contributed by atoms with van der Waals surface area (Å²) in [4.78, 5) is 12.6. The molecule has 0 saturated heterocycles. The van der Waals surface area contributed by atoms with Gasteiger partial charge in [-0.2, -0.15) is 5.10 Å². The van der Waals surface area contributed by atoms with E-state index in [1.54, 1.807) is 60.7 Å². The Morgan fingerprint density at radius 3 is 2.48 bits per heavy atom. The van der Waals surface area contributed by atoms with Crippen LogP contribution >= 0.6 is 11.6 Å². The standard InChI is InChI=1S/C24H22ClN3O4S/c1-2-15-32-22-8-6-7-19(16-22)17-26-27-24(29)18-28(21-13-11-20(25)12-14-21)33(30,31)23-9-4-3-5-10-23/h2-14,16-17H,1,15,18H2,(H,27,29)/b26-17-. The summed E-state index contributed by atoms with van der Waals surface area (Å²) in [5, 5.41) is 4.38. The fraction of sp³-hybridized carbons (Fsp3) is 0.0833. The van der Waals surface area contributed by atoms with Crippen LogP contribution in [0.2, 0.25) is 5.02 Å². The molecule has 3 aromatic rings. The van der Waals surface area contributed by atoms with Gasteiger partial charge in [-0.1, -0.05) is 54.6 Å². The first-order chi connectivity index (χ1) is 15.9. The van der Waals surface area contributed by atoms with E-state index in [0.717, 1.165) is 4.31 Å². The molecule has 33 heavy (non-hydrogen) atoms. The number of hydrogen-bond acceptors (Lipinski definition) is 5. The van der Waals surface area contributed by atoms with Gasteiger partial charge < -0.3 is 4.74 Å². The number of halogens is 1. The average Bonchev–Trinajstić information content (AvgIpc) is 2.83. The smallest absolute Gasteiger partial charge is 0.264 e. The normalized spacial score (nSPS) is 11.2. The molecule has 1 N–H and O–H groups in total. The predicted molar refractivity (Wildman–Crippen MR) is 130 cm³/mol. The fourth-order valence-electron chi connectivity index (χ4n) is 2.83. The molecule has 0 fully saturated rings. The molecule has 0 spiro atoms. The Bertz CT molecular complexity index is 1230. The van der Waals surface area contributed by atoms with E-state index in [1.165, 1.54) is 30.5 Å². The van der Waals surface area contributed by atoms with Crippen LogP contribution in [0, 0.1) is 0 Å². The molecule has 1 amide bonds. The fourth-order valence-corrected chi connectivity index (χ4v) is 4.39. The minimum atomic E-state index is -4.00. The zero-order valence-corrected chi connectivity index (χ0v) is 19.2. The highest BCUT2D eigenvalue weighted by molar-refractivity contribution is 7.92. The van der Waals surface area contributed by atoms with Gasteiger partial charge in [0.25, 0.3) is 15.9 Å². The van der Waals surface area contributed by atoms with Gasteiger partial charge in [-0.25, -0.2) is 13.8 Å². The van der Waals surface area contributed by atoms with Crippen molar-refractivity contribution in [1.29, 1.82) is 0 Å². The van der Waals surface area contributed by atoms with Gasteiger partial charge in [-0.3, -0.25) is 9.10 Å². The highest BCUT2D eigenvalue weighted by Gasteiger charge is 2.27. The summed E-state index contributed by atoms with van der Waals surface area (Å²) in [6.07, 6.45) is 3.08. The molecular formula is C24H22ClN3O4S. The SMILES string of the molecule is C=CCOc1cccc(/C=N\NC(=O)CN(c2ccc(Cl)cc2)S(=O)(=O)c2ccccc2)c1. The van der Waals surface area contributed by atoms with Gasteiger partial charge in [-0.05, 0) is 54.1 Å². The molecule has 0 aliphatic rings. The third-order valence-corrected chi connectivity index (χ3v) is 6.40. The molecule has 7 nitrogen and oxygen atoms in total. The van der Waals surface area contributed by atoms with Gasteiger partial charge >= 0.3 is 0 Å². The summed E-state index contributed by atoms with van der Waals surface area (Å²) in [5.41, 5.74) is 3.37. The number of sulfonamides is 1. The number of hydrazone groups is 1. The van der Waals surface area contributed by atoms with Crippen molar-refractivity contribution in [1.82, 2.24) is 5.43 Å². The number of carbonyl (C=O) groups excluding carboxylic acids is 1. The average molecular weight is 484 g/mol. The number of nitrogens with zero attached hydrogens (tertiary/aromatic N) is 2. The monoisotopic (exact) mass is 483 g/mol. The van der Waals surface area contributed by atoms with E-state index >= 15 is 0 Å². The first-order valence-electron chi connectivity index (χ1n) is 9.89. The predicted octanol–water partition coefficient (Wildman–Crippen LogP) is 4.25. The van der Waals surface area contributed by atoms with Gasteiger partial charge in [0.2, 0.25) is 0 Å². The third kappa shape index (κ3) is 6.68. The van der Waals surface area contributed by atoms with Crippen molar-refractivity contribution < 1.29 is 17.9 Å². The molecule has 170 valence electrons. The summed E-state index contributed by atoms with van der Waals surface area (Å²) in [6, 6.07) is 21.2. The Kier molecular flexibility index (Phi) is 8.23. The number of ether oxygens (including phenoxy) is 1. The van der Waals surface area contributed by atoms with Crippen molar-refractivity contribution in [3.8, 4) is 5.75 Å². The summed E-state index contributed by atoms with van der Waals surface area (Å²) in [5.74, 6) is 0.0211. The molecule has 0 saturated carbocycles. The Morgan fingerprint density at radius 1 is 1.06 bits per heavy atom. The van der Waals surface area contributed by atoms with Crippen molar-refractivity contribution in [2.24, 2.45) is 5.10 Å². The molecule has 0 bridgehead atoms. The van der Waals surface area contributed by atoms with Gasteiger partial charge in [0, 0.05) is 5.02 Å². The second-order valence-corrected chi connectivity index (χ2v) is 9.07. The molecule has 0 aliphatic heterocycles. The van der Waals surface area contributed by atoms with Crippen LogP contribution in [0.1, 0.15) is 5.56 Å². The molecule has 0 unspecified atom stereocenters. The Balaban J connectivity index is 1.76. The molecular weight excluding hydrogens is 462 g/mol. The molecule has 0 aromatic heterocycles. The maximum Gasteiger partial charge on any atom is 0.264 e. The number of amides is 1. The minimum absolute atomic E-state index is 0.0626. The van der Waals surface area contributed by atoms with Gasteiger partial charge in [0.05, 0.1) is 16.8 Å². The van der Waals surface area contributed by atoms with Crippen LogP contribution < -0.4 is 14.5 Å². The van der Waals surface area contributed by atoms with Gasteiger partial charge in [0.15, 0.2) is 0 Å². The highest BCUT2D eigenvalue weighted by Crippen LogP contribution is 2.25. The molecule has 3 rings (SSSR count). The van der Waals surface area contributed by atoms with E-state index in [4.69, 9.17) is 16.3 Å². The summed E-state index contributed by atoms with van der Waals surface area (Å²) < 4.78 is 32.9. The lowest BCUT2D eigenvalue weighted by Crippen LogP contribution is -2.39. The van der Waals surface area contributed by atoms with E-state index < -0.39 is 22.5 Å². The largest absolute Gasteiger partial charge is 0.490 e. The number of rotatable bonds is 10. The lowest BCUT2D eigenvalue weighted by Gasteiger charge is -2.23. The Labute approximate surface area is 198 Å². The maximum absolute atomic E-state index is 13.2. The van der Waals surface area contributed by atoms with Crippen molar-refractivity contribution in [3.05, 3.63) is 102 Å². The zero-order valence-electron chi connectivity index (χ0n) is 17.6. The van der Waals surface area contributed by atoms with Crippen LogP contribution in [0.15, 0.2) is 102 Å². The van der Waals surface area contributed by atoms with Crippen LogP contribution in [0.3, 0.4) is 0 Å². The third-order valence-electron chi connectivity index (χ3n) is 4.36. The summed E-state index contributed by atoms with van der Waals surface area (Å²) in [7, 11) is -4.00. The maximum atomic E-state index is 13.2. The number of benzene rings is 3. The van der Waals surface area contributed by atoms with Crippen LogP contribution in [0.25, 0.3) is 0 Å². The van der Waals surface area contributed by atoms with E-state index in [1.807, 2.05) is 0 Å². The molecule has 0 atom stereocenters. The number of carbonyl (C=O) groups is 1. The Hall–Kier alpha value is -3.62.